The molecule has 0 saturated heterocycles. The van der Waals surface area contributed by atoms with Gasteiger partial charge in [0.25, 0.3) is 0 Å². The van der Waals surface area contributed by atoms with E-state index in [4.69, 9.17) is 23.7 Å². The Labute approximate surface area is 298 Å². The fraction of sp³-hybridized carbons (Fsp3) is 0.902. The molecule has 0 spiro atoms. The largest absolute Gasteiger partial charge is 0.462 e. The summed E-state index contributed by atoms with van der Waals surface area (Å²) in [5.41, 5.74) is 2.35. The summed E-state index contributed by atoms with van der Waals surface area (Å²) < 4.78 is 28.1. The molecule has 8 atom stereocenters. The fourth-order valence-corrected chi connectivity index (χ4v) is 10.3. The van der Waals surface area contributed by atoms with Gasteiger partial charge in [-0.3, -0.25) is 9.59 Å². The minimum atomic E-state index is -0.153. The number of carbonyl (C=O) groups excluding carboxylic acids is 2. The van der Waals surface area contributed by atoms with Gasteiger partial charge in [0.1, 0.15) is 6.10 Å². The Balaban J connectivity index is 1.07. The van der Waals surface area contributed by atoms with Crippen LogP contribution in [0.4, 0.5) is 0 Å². The van der Waals surface area contributed by atoms with Gasteiger partial charge < -0.3 is 29.0 Å². The third kappa shape index (κ3) is 11.3. The molecular formula is C41H71NO7. The molecule has 1 N–H and O–H groups in total. The van der Waals surface area contributed by atoms with Crippen molar-refractivity contribution in [1.82, 2.24) is 5.32 Å². The number of rotatable bonds is 22. The predicted molar refractivity (Wildman–Crippen MR) is 194 cm³/mol. The predicted octanol–water partition coefficient (Wildman–Crippen LogP) is 7.92. The van der Waals surface area contributed by atoms with Gasteiger partial charge >= 0.3 is 5.97 Å². The van der Waals surface area contributed by atoms with E-state index in [1.54, 1.807) is 5.57 Å². The van der Waals surface area contributed by atoms with E-state index < -0.39 is 0 Å². The summed E-state index contributed by atoms with van der Waals surface area (Å²) in [5, 5.41) is 2.76. The summed E-state index contributed by atoms with van der Waals surface area (Å²) in [5.74, 6) is 4.92. The zero-order chi connectivity index (χ0) is 35.3. The second-order valence-electron chi connectivity index (χ2n) is 16.5. The highest BCUT2D eigenvalue weighted by atomic mass is 16.6. The normalized spacial score (nSPS) is 31.4. The van der Waals surface area contributed by atoms with Gasteiger partial charge in [-0.2, -0.15) is 0 Å². The number of ether oxygens (including phenoxy) is 5. The molecule has 0 radical (unpaired) electrons. The molecule has 3 saturated carbocycles. The van der Waals surface area contributed by atoms with E-state index in [9.17, 15) is 9.59 Å². The van der Waals surface area contributed by atoms with Gasteiger partial charge in [0.15, 0.2) is 0 Å². The standard InChI is InChI=1S/C41H71NO7/c1-7-38(43)42-20-22-46-24-26-48-28-27-47-25-23-45-21-17-39(44)49-33-15-18-40(5)32(29-33)11-12-34-36-14-13-35(31(4)10-8-9-30(2)3)41(36,6)19-16-37(34)40/h11,30-31,33-37H,7-10,12-29H2,1-6H3,(H,42,43)/t31-,33+,34+,35-,36+,37+,40+,41-/m1/s1. The zero-order valence-corrected chi connectivity index (χ0v) is 32.0. The van der Waals surface area contributed by atoms with Crippen LogP contribution in [0.5, 0.6) is 0 Å². The van der Waals surface area contributed by atoms with Crippen molar-refractivity contribution in [2.75, 3.05) is 59.4 Å². The average Bonchev–Trinajstić information content (AvgIpc) is 3.43. The van der Waals surface area contributed by atoms with Gasteiger partial charge in [-0.25, -0.2) is 0 Å². The number of carbonyl (C=O) groups is 2. The summed E-state index contributed by atoms with van der Waals surface area (Å²) in [6.45, 7) is 18.5. The number of allylic oxidation sites excluding steroid dienone is 1. The number of hydrogen-bond acceptors (Lipinski definition) is 7. The molecule has 0 heterocycles. The molecule has 4 aliphatic rings. The van der Waals surface area contributed by atoms with Gasteiger partial charge in [-0.1, -0.05) is 72.5 Å². The van der Waals surface area contributed by atoms with Crippen molar-refractivity contribution >= 4 is 11.9 Å². The Hall–Kier alpha value is -1.48. The van der Waals surface area contributed by atoms with E-state index in [0.29, 0.717) is 71.2 Å². The molecule has 0 aromatic carbocycles. The van der Waals surface area contributed by atoms with Crippen LogP contribution in [0.3, 0.4) is 0 Å². The first kappa shape index (κ1) is 40.3. The second kappa shape index (κ2) is 19.9. The van der Waals surface area contributed by atoms with Crippen molar-refractivity contribution in [3.05, 3.63) is 11.6 Å². The molecule has 49 heavy (non-hydrogen) atoms. The van der Waals surface area contributed by atoms with Crippen LogP contribution < -0.4 is 5.32 Å². The van der Waals surface area contributed by atoms with E-state index in [2.05, 4.69) is 46.0 Å². The number of hydrogen-bond donors (Lipinski definition) is 1. The maximum Gasteiger partial charge on any atom is 0.308 e. The number of fused-ring (bicyclic) bond motifs is 5. The fourth-order valence-electron chi connectivity index (χ4n) is 10.3. The number of amides is 1. The Kier molecular flexibility index (Phi) is 16.4. The van der Waals surface area contributed by atoms with Crippen LogP contribution in [-0.4, -0.2) is 77.4 Å². The lowest BCUT2D eigenvalue weighted by Crippen LogP contribution is -2.51. The Morgan fingerprint density at radius 1 is 0.837 bits per heavy atom. The maximum absolute atomic E-state index is 12.7. The van der Waals surface area contributed by atoms with E-state index in [1.165, 1.54) is 51.4 Å². The van der Waals surface area contributed by atoms with Crippen molar-refractivity contribution in [2.24, 2.45) is 46.3 Å². The Morgan fingerprint density at radius 3 is 2.18 bits per heavy atom. The topological polar surface area (TPSA) is 92.3 Å². The molecule has 0 aromatic heterocycles. The molecule has 3 fully saturated rings. The van der Waals surface area contributed by atoms with Crippen molar-refractivity contribution in [3.63, 3.8) is 0 Å². The summed E-state index contributed by atoms with van der Waals surface area (Å²) in [7, 11) is 0. The third-order valence-corrected chi connectivity index (χ3v) is 13.0. The van der Waals surface area contributed by atoms with E-state index in [-0.39, 0.29) is 29.8 Å². The van der Waals surface area contributed by atoms with Gasteiger partial charge in [0, 0.05) is 19.4 Å². The molecule has 4 aliphatic carbocycles. The first-order chi connectivity index (χ1) is 23.6. The third-order valence-electron chi connectivity index (χ3n) is 13.0. The van der Waals surface area contributed by atoms with Crippen LogP contribution in [0.15, 0.2) is 11.6 Å². The van der Waals surface area contributed by atoms with E-state index in [0.717, 1.165) is 54.8 Å². The molecule has 0 unspecified atom stereocenters. The van der Waals surface area contributed by atoms with Crippen molar-refractivity contribution in [1.29, 1.82) is 0 Å². The summed E-state index contributed by atoms with van der Waals surface area (Å²) in [4.78, 5) is 23.8. The van der Waals surface area contributed by atoms with Crippen molar-refractivity contribution in [3.8, 4) is 0 Å². The molecule has 4 rings (SSSR count). The molecule has 0 aromatic rings. The first-order valence-corrected chi connectivity index (χ1v) is 20.0. The molecule has 0 bridgehead atoms. The minimum Gasteiger partial charge on any atom is -0.462 e. The van der Waals surface area contributed by atoms with E-state index >= 15 is 0 Å². The minimum absolute atomic E-state index is 0.00422. The summed E-state index contributed by atoms with van der Waals surface area (Å²) in [6.07, 6.45) is 17.4. The second-order valence-corrected chi connectivity index (χ2v) is 16.5. The van der Waals surface area contributed by atoms with Crippen LogP contribution in [-0.2, 0) is 33.3 Å². The molecule has 8 heteroatoms. The molecule has 282 valence electrons. The highest BCUT2D eigenvalue weighted by Gasteiger charge is 2.59. The van der Waals surface area contributed by atoms with E-state index in [1.807, 2.05) is 6.92 Å². The smallest absolute Gasteiger partial charge is 0.308 e. The first-order valence-electron chi connectivity index (χ1n) is 20.0. The summed E-state index contributed by atoms with van der Waals surface area (Å²) in [6, 6.07) is 0. The van der Waals surface area contributed by atoms with Crippen molar-refractivity contribution < 1.29 is 33.3 Å². The van der Waals surface area contributed by atoms with Crippen LogP contribution in [0.25, 0.3) is 0 Å². The quantitative estimate of drug-likeness (QED) is 0.0702. The lowest BCUT2D eigenvalue weighted by atomic mass is 9.47. The number of nitrogens with one attached hydrogen (secondary N) is 1. The average molecular weight is 690 g/mol. The van der Waals surface area contributed by atoms with Gasteiger partial charge in [0.2, 0.25) is 5.91 Å². The number of esters is 1. The SMILES string of the molecule is CCC(=O)NCCOCCOCCOCCOCCC(=O)O[C@H]1CC[C@@]2(C)C(=CC[C@H]3[C@@H]4CC[C@H]([C@H](C)CCCC(C)C)[C@@]4(C)CC[C@@H]32)C1. The molecular weight excluding hydrogens is 618 g/mol. The van der Waals surface area contributed by atoms with Gasteiger partial charge in [-0.05, 0) is 91.3 Å². The lowest BCUT2D eigenvalue weighted by Gasteiger charge is -2.58. The van der Waals surface area contributed by atoms with Gasteiger partial charge in [-0.15, -0.1) is 0 Å². The Morgan fingerprint density at radius 2 is 1.51 bits per heavy atom. The lowest BCUT2D eigenvalue weighted by molar-refractivity contribution is -0.152. The zero-order valence-electron chi connectivity index (χ0n) is 32.0. The highest BCUT2D eigenvalue weighted by molar-refractivity contribution is 5.75. The molecule has 1 amide bonds. The molecule has 8 nitrogen and oxygen atoms in total. The van der Waals surface area contributed by atoms with Gasteiger partial charge in [0.05, 0.1) is 59.3 Å². The molecule has 0 aliphatic heterocycles. The monoisotopic (exact) mass is 690 g/mol. The van der Waals surface area contributed by atoms with Crippen LogP contribution in [0, 0.1) is 46.3 Å². The van der Waals surface area contributed by atoms with Crippen LogP contribution in [0.1, 0.15) is 125 Å². The Bertz CT molecular complexity index is 1050. The van der Waals surface area contributed by atoms with Crippen LogP contribution >= 0.6 is 0 Å². The van der Waals surface area contributed by atoms with Crippen molar-refractivity contribution in [2.45, 2.75) is 131 Å². The van der Waals surface area contributed by atoms with Crippen LogP contribution in [0.2, 0.25) is 0 Å². The maximum atomic E-state index is 12.7. The summed E-state index contributed by atoms with van der Waals surface area (Å²) >= 11 is 0. The highest BCUT2D eigenvalue weighted by Crippen LogP contribution is 2.67.